The van der Waals surface area contributed by atoms with Gasteiger partial charge in [0.25, 0.3) is 0 Å². The molecule has 0 fully saturated rings. The molecule has 0 aromatic carbocycles. The Labute approximate surface area is 91.4 Å². The van der Waals surface area contributed by atoms with Gasteiger partial charge in [-0.15, -0.1) is 0 Å². The Morgan fingerprint density at radius 1 is 1.38 bits per heavy atom. The number of furan rings is 1. The van der Waals surface area contributed by atoms with Crippen molar-refractivity contribution in [2.75, 3.05) is 0 Å². The molecule has 0 aliphatic carbocycles. The van der Waals surface area contributed by atoms with E-state index in [-0.39, 0.29) is 29.6 Å². The Hall–Kier alpha value is -1.98. The van der Waals surface area contributed by atoms with Gasteiger partial charge >= 0.3 is 5.88 Å². The van der Waals surface area contributed by atoms with Crippen molar-refractivity contribution in [2.24, 2.45) is 5.92 Å². The van der Waals surface area contributed by atoms with Crippen molar-refractivity contribution in [1.82, 2.24) is 0 Å². The standard InChI is InChI=1S/C10H11NO5/c1-6(12)9(7(2)13)5-8-3-4-10(16-8)11(14)15/h3-4,9H,5H2,1-2H3. The first-order valence-electron chi connectivity index (χ1n) is 4.66. The van der Waals surface area contributed by atoms with Crippen LogP contribution in [-0.2, 0) is 16.0 Å². The summed E-state index contributed by atoms with van der Waals surface area (Å²) in [6, 6.07) is 2.60. The van der Waals surface area contributed by atoms with E-state index in [2.05, 4.69) is 0 Å². The predicted molar refractivity (Wildman–Crippen MR) is 53.9 cm³/mol. The first-order chi connectivity index (χ1) is 7.41. The van der Waals surface area contributed by atoms with Crippen molar-refractivity contribution in [2.45, 2.75) is 20.3 Å². The van der Waals surface area contributed by atoms with E-state index in [1.54, 1.807) is 0 Å². The van der Waals surface area contributed by atoms with Crippen LogP contribution in [0.25, 0.3) is 0 Å². The zero-order valence-electron chi connectivity index (χ0n) is 8.93. The van der Waals surface area contributed by atoms with Crippen molar-refractivity contribution in [3.8, 4) is 0 Å². The highest BCUT2D eigenvalue weighted by Crippen LogP contribution is 2.19. The normalized spacial score (nSPS) is 10.4. The van der Waals surface area contributed by atoms with Gasteiger partial charge in [-0.05, 0) is 19.9 Å². The fourth-order valence-electron chi connectivity index (χ4n) is 1.35. The lowest BCUT2D eigenvalue weighted by Gasteiger charge is -2.06. The summed E-state index contributed by atoms with van der Waals surface area (Å²) in [6.45, 7) is 2.62. The molecule has 0 aliphatic rings. The Balaban J connectivity index is 2.82. The zero-order chi connectivity index (χ0) is 12.3. The highest BCUT2D eigenvalue weighted by molar-refractivity contribution is 6.00. The monoisotopic (exact) mass is 225 g/mol. The van der Waals surface area contributed by atoms with Gasteiger partial charge in [0.2, 0.25) is 0 Å². The van der Waals surface area contributed by atoms with Gasteiger partial charge in [-0.2, -0.15) is 0 Å². The minimum Gasteiger partial charge on any atom is -0.406 e. The highest BCUT2D eigenvalue weighted by atomic mass is 16.6. The first-order valence-corrected chi connectivity index (χ1v) is 4.66. The number of nitrogens with zero attached hydrogens (tertiary/aromatic N) is 1. The lowest BCUT2D eigenvalue weighted by molar-refractivity contribution is -0.402. The molecule has 0 N–H and O–H groups in total. The van der Waals surface area contributed by atoms with E-state index < -0.39 is 10.8 Å². The SMILES string of the molecule is CC(=O)C(Cc1ccc([N+](=O)[O-])o1)C(C)=O. The van der Waals surface area contributed by atoms with Gasteiger partial charge in [0.05, 0.1) is 12.0 Å². The molecular weight excluding hydrogens is 214 g/mol. The van der Waals surface area contributed by atoms with Gasteiger partial charge in [-0.25, -0.2) is 0 Å². The molecule has 0 atom stereocenters. The van der Waals surface area contributed by atoms with Gasteiger partial charge in [-0.3, -0.25) is 19.7 Å². The molecule has 0 aliphatic heterocycles. The lowest BCUT2D eigenvalue weighted by Crippen LogP contribution is -2.21. The van der Waals surface area contributed by atoms with Crippen LogP contribution in [0.3, 0.4) is 0 Å². The number of hydrogen-bond acceptors (Lipinski definition) is 5. The van der Waals surface area contributed by atoms with E-state index in [1.165, 1.54) is 26.0 Å². The topological polar surface area (TPSA) is 90.4 Å². The van der Waals surface area contributed by atoms with Crippen molar-refractivity contribution in [3.63, 3.8) is 0 Å². The molecule has 1 heterocycles. The molecule has 16 heavy (non-hydrogen) atoms. The third-order valence-electron chi connectivity index (χ3n) is 2.21. The minimum atomic E-state index is -0.786. The third-order valence-corrected chi connectivity index (χ3v) is 2.21. The van der Waals surface area contributed by atoms with Crippen LogP contribution >= 0.6 is 0 Å². The van der Waals surface area contributed by atoms with Crippen LogP contribution in [0.15, 0.2) is 16.5 Å². The average Bonchev–Trinajstić information content (AvgIpc) is 2.61. The summed E-state index contributed by atoms with van der Waals surface area (Å²) in [5.41, 5.74) is 0. The van der Waals surface area contributed by atoms with Crippen molar-refractivity contribution in [1.29, 1.82) is 0 Å². The molecule has 0 radical (unpaired) electrons. The van der Waals surface area contributed by atoms with E-state index in [0.717, 1.165) is 0 Å². The third kappa shape index (κ3) is 2.75. The molecule has 0 saturated carbocycles. The summed E-state index contributed by atoms with van der Waals surface area (Å²) in [4.78, 5) is 31.9. The maximum absolute atomic E-state index is 11.1. The van der Waals surface area contributed by atoms with Crippen LogP contribution in [0, 0.1) is 16.0 Å². The van der Waals surface area contributed by atoms with Gasteiger partial charge < -0.3 is 4.42 Å². The number of ketones is 2. The molecule has 6 nitrogen and oxygen atoms in total. The quantitative estimate of drug-likeness (QED) is 0.430. The van der Waals surface area contributed by atoms with Gasteiger partial charge in [-0.1, -0.05) is 0 Å². The Bertz CT molecular complexity index is 420. The average molecular weight is 225 g/mol. The summed E-state index contributed by atoms with van der Waals surface area (Å²) in [5.74, 6) is -1.45. The smallest absolute Gasteiger partial charge is 0.406 e. The van der Waals surface area contributed by atoms with Crippen LogP contribution < -0.4 is 0 Å². The Morgan fingerprint density at radius 3 is 2.31 bits per heavy atom. The molecule has 0 bridgehead atoms. The number of rotatable bonds is 5. The van der Waals surface area contributed by atoms with Crippen LogP contribution in [0.1, 0.15) is 19.6 Å². The highest BCUT2D eigenvalue weighted by Gasteiger charge is 2.22. The molecule has 0 unspecified atom stereocenters. The van der Waals surface area contributed by atoms with Crippen LogP contribution in [0.5, 0.6) is 0 Å². The number of carbonyl (C=O) groups excluding carboxylic acids is 2. The largest absolute Gasteiger partial charge is 0.433 e. The Morgan fingerprint density at radius 2 is 1.94 bits per heavy atom. The number of nitro groups is 1. The molecule has 0 spiro atoms. The lowest BCUT2D eigenvalue weighted by atomic mass is 9.96. The van der Waals surface area contributed by atoms with E-state index >= 15 is 0 Å². The summed E-state index contributed by atoms with van der Waals surface area (Å²) in [5, 5.41) is 10.3. The molecule has 0 amide bonds. The van der Waals surface area contributed by atoms with E-state index in [1.807, 2.05) is 0 Å². The second-order valence-electron chi connectivity index (χ2n) is 3.48. The maximum Gasteiger partial charge on any atom is 0.433 e. The molecule has 6 heteroatoms. The van der Waals surface area contributed by atoms with Gasteiger partial charge in [0.15, 0.2) is 0 Å². The second kappa shape index (κ2) is 4.69. The van der Waals surface area contributed by atoms with E-state index in [0.29, 0.717) is 0 Å². The second-order valence-corrected chi connectivity index (χ2v) is 3.48. The maximum atomic E-state index is 11.1. The summed E-state index contributed by atoms with van der Waals surface area (Å²) in [6.07, 6.45) is 0.0680. The fraction of sp³-hybridized carbons (Fsp3) is 0.400. The number of hydrogen-bond donors (Lipinski definition) is 0. The van der Waals surface area contributed by atoms with Crippen molar-refractivity contribution < 1.29 is 18.9 Å². The molecule has 1 aromatic heterocycles. The van der Waals surface area contributed by atoms with Crippen LogP contribution in [0.4, 0.5) is 5.88 Å². The summed E-state index contributed by atoms with van der Waals surface area (Å²) >= 11 is 0. The van der Waals surface area contributed by atoms with Crippen LogP contribution in [0.2, 0.25) is 0 Å². The molecule has 1 aromatic rings. The summed E-state index contributed by atoms with van der Waals surface area (Å²) < 4.78 is 4.87. The molecule has 1 rings (SSSR count). The van der Waals surface area contributed by atoms with Crippen molar-refractivity contribution >= 4 is 17.5 Å². The molecular formula is C10H11NO5. The van der Waals surface area contributed by atoms with Gasteiger partial charge in [0.1, 0.15) is 22.3 Å². The molecule has 86 valence electrons. The van der Waals surface area contributed by atoms with E-state index in [4.69, 9.17) is 4.42 Å². The minimum absolute atomic E-state index is 0.0680. The van der Waals surface area contributed by atoms with E-state index in [9.17, 15) is 19.7 Å². The number of Topliss-reactive ketones (excluding diaryl/α,β-unsaturated/α-hetero) is 2. The summed E-state index contributed by atoms with van der Waals surface area (Å²) in [7, 11) is 0. The zero-order valence-corrected chi connectivity index (χ0v) is 8.93. The van der Waals surface area contributed by atoms with Gasteiger partial charge in [0, 0.05) is 6.42 Å². The fourth-order valence-corrected chi connectivity index (χ4v) is 1.35. The molecule has 0 saturated heterocycles. The van der Waals surface area contributed by atoms with Crippen LogP contribution in [-0.4, -0.2) is 16.5 Å². The van der Waals surface area contributed by atoms with Crippen molar-refractivity contribution in [3.05, 3.63) is 28.0 Å². The predicted octanol–water partition coefficient (Wildman–Crippen LogP) is 1.52. The first kappa shape index (κ1) is 12.1. The number of carbonyl (C=O) groups is 2. The Kier molecular flexibility index (Phi) is 3.55.